The highest BCUT2D eigenvalue weighted by atomic mass is 79.9. The van der Waals surface area contributed by atoms with Gasteiger partial charge in [-0.15, -0.1) is 0 Å². The molecule has 88 valence electrons. The lowest BCUT2D eigenvalue weighted by Gasteiger charge is -2.08. The molecule has 16 heavy (non-hydrogen) atoms. The van der Waals surface area contributed by atoms with Crippen LogP contribution in [0.25, 0.3) is 0 Å². The average Bonchev–Trinajstić information content (AvgIpc) is 2.10. The van der Waals surface area contributed by atoms with Gasteiger partial charge in [-0.3, -0.25) is 10.1 Å². The molecule has 0 radical (unpaired) electrons. The Morgan fingerprint density at radius 1 is 1.38 bits per heavy atom. The van der Waals surface area contributed by atoms with Crippen molar-refractivity contribution in [3.8, 4) is 0 Å². The van der Waals surface area contributed by atoms with Crippen LogP contribution in [0.2, 0.25) is 0 Å². The van der Waals surface area contributed by atoms with E-state index in [1.165, 1.54) is 0 Å². The number of hydrogen-bond donors (Lipinski definition) is 0. The Morgan fingerprint density at radius 2 is 1.94 bits per heavy atom. The lowest BCUT2D eigenvalue weighted by molar-refractivity contribution is -0.387. The van der Waals surface area contributed by atoms with Gasteiger partial charge in [0.05, 0.1) is 9.82 Å². The van der Waals surface area contributed by atoms with Crippen molar-refractivity contribution >= 4 is 33.4 Å². The van der Waals surface area contributed by atoms with E-state index in [-0.39, 0.29) is 4.47 Å². The normalized spacial score (nSPS) is 11.6. The third-order valence-electron chi connectivity index (χ3n) is 1.44. The first-order valence-electron chi connectivity index (χ1n) is 3.60. The van der Waals surface area contributed by atoms with Crippen molar-refractivity contribution in [3.63, 3.8) is 0 Å². The number of nitro benzene ring substituents is 1. The lowest BCUT2D eigenvalue weighted by atomic mass is 10.3. The summed E-state index contributed by atoms with van der Waals surface area (Å²) < 4.78 is 49.3. The van der Waals surface area contributed by atoms with Crippen molar-refractivity contribution in [3.05, 3.63) is 32.5 Å². The van der Waals surface area contributed by atoms with Crippen molar-refractivity contribution in [1.29, 1.82) is 0 Å². The zero-order valence-corrected chi connectivity index (χ0v) is 9.62. The van der Waals surface area contributed by atoms with E-state index < -0.39 is 38.6 Å². The highest BCUT2D eigenvalue weighted by Gasteiger charge is 2.34. The second kappa shape index (κ2) is 4.58. The summed E-state index contributed by atoms with van der Waals surface area (Å²) in [6.07, 6.45) is 0. The number of nitrogens with zero attached hydrogens (tertiary/aromatic N) is 1. The number of hydrogen-bond acceptors (Lipinski definition) is 3. The predicted octanol–water partition coefficient (Wildman–Crippen LogP) is 4.11. The summed E-state index contributed by atoms with van der Waals surface area (Å²) in [5.74, 6) is -1.50. The molecule has 1 aromatic carbocycles. The summed E-state index contributed by atoms with van der Waals surface area (Å²) in [7, 11) is 0. The van der Waals surface area contributed by atoms with Crippen molar-refractivity contribution in [2.24, 2.45) is 0 Å². The summed E-state index contributed by atoms with van der Waals surface area (Å²) in [4.78, 5) is 8.38. The Labute approximate surface area is 99.1 Å². The second-order valence-corrected chi connectivity index (χ2v) is 4.44. The Bertz CT molecular complexity index is 437. The molecule has 0 aliphatic heterocycles. The smallest absolute Gasteiger partial charge is 0.258 e. The highest BCUT2D eigenvalue weighted by Crippen LogP contribution is 2.43. The molecule has 3 nitrogen and oxygen atoms in total. The SMILES string of the molecule is O=[N+]([O-])c1ccc(Br)c(SC(F)(F)F)c1F. The molecule has 1 aromatic rings. The van der Waals surface area contributed by atoms with Gasteiger partial charge in [-0.25, -0.2) is 0 Å². The van der Waals surface area contributed by atoms with Gasteiger partial charge in [-0.05, 0) is 33.8 Å². The van der Waals surface area contributed by atoms with Gasteiger partial charge in [0.15, 0.2) is 0 Å². The molecule has 0 heterocycles. The topological polar surface area (TPSA) is 43.1 Å². The molecule has 0 aromatic heterocycles. The molecule has 0 N–H and O–H groups in total. The van der Waals surface area contributed by atoms with Gasteiger partial charge in [-0.2, -0.15) is 17.6 Å². The first-order valence-corrected chi connectivity index (χ1v) is 5.21. The molecule has 0 saturated heterocycles. The third kappa shape index (κ3) is 3.08. The summed E-state index contributed by atoms with van der Waals surface area (Å²) in [6, 6.07) is 1.79. The average molecular weight is 320 g/mol. The van der Waals surface area contributed by atoms with Crippen LogP contribution in [0.3, 0.4) is 0 Å². The van der Waals surface area contributed by atoms with E-state index in [0.717, 1.165) is 12.1 Å². The van der Waals surface area contributed by atoms with Crippen LogP contribution >= 0.6 is 27.7 Å². The Kier molecular flexibility index (Phi) is 3.79. The zero-order valence-electron chi connectivity index (χ0n) is 7.22. The predicted molar refractivity (Wildman–Crippen MR) is 52.7 cm³/mol. The molecule has 0 amide bonds. The second-order valence-electron chi connectivity index (χ2n) is 2.51. The zero-order chi connectivity index (χ0) is 12.5. The van der Waals surface area contributed by atoms with Gasteiger partial charge in [0.25, 0.3) is 0 Å². The van der Waals surface area contributed by atoms with Gasteiger partial charge in [0.1, 0.15) is 0 Å². The number of alkyl halides is 3. The molecular formula is C7H2BrF4NO2S. The fraction of sp³-hybridized carbons (Fsp3) is 0.143. The molecular weight excluding hydrogens is 318 g/mol. The summed E-state index contributed by atoms with van der Waals surface area (Å²) in [5, 5.41) is 10.3. The van der Waals surface area contributed by atoms with Crippen molar-refractivity contribution in [1.82, 2.24) is 0 Å². The number of rotatable bonds is 2. The van der Waals surface area contributed by atoms with Crippen LogP contribution in [0.5, 0.6) is 0 Å². The maximum Gasteiger partial charge on any atom is 0.446 e. The Hall–Kier alpha value is -0.830. The van der Waals surface area contributed by atoms with Crippen LogP contribution in [0.1, 0.15) is 0 Å². The fourth-order valence-electron chi connectivity index (χ4n) is 0.872. The minimum atomic E-state index is -4.71. The molecule has 0 spiro atoms. The van der Waals surface area contributed by atoms with Gasteiger partial charge >= 0.3 is 11.2 Å². The first kappa shape index (κ1) is 13.2. The van der Waals surface area contributed by atoms with Crippen molar-refractivity contribution in [2.75, 3.05) is 0 Å². The van der Waals surface area contributed by atoms with Gasteiger partial charge in [0, 0.05) is 10.5 Å². The van der Waals surface area contributed by atoms with E-state index in [2.05, 4.69) is 15.9 Å². The van der Waals surface area contributed by atoms with E-state index in [0.29, 0.717) is 0 Å². The quantitative estimate of drug-likeness (QED) is 0.356. The molecule has 1 rings (SSSR count). The highest BCUT2D eigenvalue weighted by molar-refractivity contribution is 9.10. The molecule has 0 aliphatic carbocycles. The third-order valence-corrected chi connectivity index (χ3v) is 3.20. The van der Waals surface area contributed by atoms with Crippen LogP contribution in [-0.2, 0) is 0 Å². The summed E-state index contributed by atoms with van der Waals surface area (Å²) >= 11 is 1.96. The minimum Gasteiger partial charge on any atom is -0.258 e. The van der Waals surface area contributed by atoms with E-state index in [1.807, 2.05) is 0 Å². The van der Waals surface area contributed by atoms with Crippen molar-refractivity contribution in [2.45, 2.75) is 10.4 Å². The maximum absolute atomic E-state index is 13.3. The number of nitro groups is 1. The van der Waals surface area contributed by atoms with E-state index in [1.54, 1.807) is 0 Å². The van der Waals surface area contributed by atoms with Crippen LogP contribution in [0.4, 0.5) is 23.2 Å². The summed E-state index contributed by atoms with van der Waals surface area (Å²) in [6.45, 7) is 0. The minimum absolute atomic E-state index is 0.182. The number of halogens is 5. The Balaban J connectivity index is 3.27. The maximum atomic E-state index is 13.3. The summed E-state index contributed by atoms with van der Waals surface area (Å²) in [5.41, 5.74) is -5.70. The van der Waals surface area contributed by atoms with Gasteiger partial charge in [0.2, 0.25) is 5.82 Å². The monoisotopic (exact) mass is 319 g/mol. The number of thioether (sulfide) groups is 1. The van der Waals surface area contributed by atoms with Crippen molar-refractivity contribution < 1.29 is 22.5 Å². The molecule has 0 saturated carbocycles. The van der Waals surface area contributed by atoms with E-state index in [4.69, 9.17) is 0 Å². The van der Waals surface area contributed by atoms with Crippen LogP contribution in [0.15, 0.2) is 21.5 Å². The van der Waals surface area contributed by atoms with Gasteiger partial charge in [-0.1, -0.05) is 0 Å². The molecule has 0 fully saturated rings. The largest absolute Gasteiger partial charge is 0.446 e. The standard InChI is InChI=1S/C7H2BrF4NO2S/c8-3-1-2-4(13(14)15)5(9)6(3)16-7(10,11)12/h1-2H. The molecule has 0 aliphatic rings. The molecule has 0 unspecified atom stereocenters. The van der Waals surface area contributed by atoms with E-state index in [9.17, 15) is 27.7 Å². The van der Waals surface area contributed by atoms with E-state index >= 15 is 0 Å². The van der Waals surface area contributed by atoms with Crippen LogP contribution in [0, 0.1) is 15.9 Å². The van der Waals surface area contributed by atoms with Crippen LogP contribution < -0.4 is 0 Å². The molecule has 9 heteroatoms. The lowest BCUT2D eigenvalue weighted by Crippen LogP contribution is -2.02. The molecule has 0 bridgehead atoms. The van der Waals surface area contributed by atoms with Crippen LogP contribution in [-0.4, -0.2) is 10.4 Å². The fourth-order valence-corrected chi connectivity index (χ4v) is 2.01. The Morgan fingerprint density at radius 3 is 2.38 bits per heavy atom. The number of benzene rings is 1. The molecule has 0 atom stereocenters. The first-order chi connectivity index (χ1) is 7.22. The van der Waals surface area contributed by atoms with Gasteiger partial charge < -0.3 is 0 Å².